The summed E-state index contributed by atoms with van der Waals surface area (Å²) in [4.78, 5) is 38.7. The summed E-state index contributed by atoms with van der Waals surface area (Å²) in [5.74, 6) is -0.454. The Morgan fingerprint density at radius 2 is 1.32 bits per heavy atom. The van der Waals surface area contributed by atoms with Gasteiger partial charge in [-0.1, -0.05) is 50.7 Å². The van der Waals surface area contributed by atoms with Crippen molar-refractivity contribution in [2.24, 2.45) is 0 Å². The van der Waals surface area contributed by atoms with Gasteiger partial charge in [0, 0.05) is 31.7 Å². The Labute approximate surface area is 243 Å². The molecule has 2 aliphatic heterocycles. The summed E-state index contributed by atoms with van der Waals surface area (Å²) in [6.45, 7) is 4.84. The van der Waals surface area contributed by atoms with E-state index in [1.165, 1.54) is 21.3 Å². The summed E-state index contributed by atoms with van der Waals surface area (Å²) >= 11 is 0. The smallest absolute Gasteiger partial charge is 0.261 e. The minimum Gasteiger partial charge on any atom is -0.373 e. The molecule has 0 aromatic heterocycles. The molecule has 2 atom stereocenters. The van der Waals surface area contributed by atoms with Crippen LogP contribution in [0.1, 0.15) is 92.4 Å². The number of morpholine rings is 1. The Hall–Kier alpha value is -3.08. The SMILES string of the molecule is CC1CN(S(=O)(=O)c2ccc(NC(=O)CCCCCCCCCCN3C(=O)c4ccccc4C3=O)cc2)CC(C)O1. The summed E-state index contributed by atoms with van der Waals surface area (Å²) in [7, 11) is -3.61. The molecule has 10 heteroatoms. The number of hydrogen-bond acceptors (Lipinski definition) is 6. The zero-order valence-electron chi connectivity index (χ0n) is 24.0. The summed E-state index contributed by atoms with van der Waals surface area (Å²) in [6.07, 6.45) is 7.94. The van der Waals surface area contributed by atoms with Crippen LogP contribution >= 0.6 is 0 Å². The molecule has 1 N–H and O–H groups in total. The van der Waals surface area contributed by atoms with Crippen LogP contribution in [0.2, 0.25) is 0 Å². The molecule has 4 rings (SSSR count). The Morgan fingerprint density at radius 1 is 0.805 bits per heavy atom. The zero-order chi connectivity index (χ0) is 29.4. The molecule has 222 valence electrons. The number of nitrogens with zero attached hydrogens (tertiary/aromatic N) is 2. The monoisotopic (exact) mass is 583 g/mol. The number of carbonyl (C=O) groups is 3. The van der Waals surface area contributed by atoms with Gasteiger partial charge in [-0.3, -0.25) is 19.3 Å². The highest BCUT2D eigenvalue weighted by atomic mass is 32.2. The van der Waals surface area contributed by atoms with Gasteiger partial charge in [-0.15, -0.1) is 0 Å². The highest BCUT2D eigenvalue weighted by Gasteiger charge is 2.34. The second kappa shape index (κ2) is 14.2. The number of hydrogen-bond donors (Lipinski definition) is 1. The third-order valence-corrected chi connectivity index (χ3v) is 9.42. The molecule has 0 saturated carbocycles. The Balaban J connectivity index is 1.05. The fraction of sp³-hybridized carbons (Fsp3) is 0.516. The first-order valence-electron chi connectivity index (χ1n) is 14.7. The molecule has 1 saturated heterocycles. The van der Waals surface area contributed by atoms with E-state index in [4.69, 9.17) is 4.74 Å². The minimum absolute atomic E-state index is 0.0791. The van der Waals surface area contributed by atoms with E-state index in [-0.39, 0.29) is 34.8 Å². The predicted molar refractivity (Wildman–Crippen MR) is 157 cm³/mol. The van der Waals surface area contributed by atoms with E-state index in [2.05, 4.69) is 5.32 Å². The third-order valence-electron chi connectivity index (χ3n) is 7.58. The van der Waals surface area contributed by atoms with Crippen molar-refractivity contribution in [1.29, 1.82) is 0 Å². The van der Waals surface area contributed by atoms with Crippen molar-refractivity contribution in [3.05, 3.63) is 59.7 Å². The van der Waals surface area contributed by atoms with Gasteiger partial charge in [0.1, 0.15) is 0 Å². The van der Waals surface area contributed by atoms with E-state index in [9.17, 15) is 22.8 Å². The van der Waals surface area contributed by atoms with Crippen molar-refractivity contribution in [3.8, 4) is 0 Å². The van der Waals surface area contributed by atoms with Crippen molar-refractivity contribution in [1.82, 2.24) is 9.21 Å². The maximum absolute atomic E-state index is 13.0. The van der Waals surface area contributed by atoms with Gasteiger partial charge >= 0.3 is 0 Å². The molecule has 0 radical (unpaired) electrons. The lowest BCUT2D eigenvalue weighted by Gasteiger charge is -2.34. The largest absolute Gasteiger partial charge is 0.373 e. The van der Waals surface area contributed by atoms with Gasteiger partial charge in [0.25, 0.3) is 11.8 Å². The molecule has 9 nitrogen and oxygen atoms in total. The summed E-state index contributed by atoms with van der Waals surface area (Å²) < 4.78 is 33.1. The number of benzene rings is 2. The zero-order valence-corrected chi connectivity index (χ0v) is 24.8. The van der Waals surface area contributed by atoms with E-state index in [1.807, 2.05) is 13.8 Å². The molecule has 2 aromatic rings. The molecule has 2 unspecified atom stereocenters. The van der Waals surface area contributed by atoms with E-state index in [0.29, 0.717) is 42.9 Å². The van der Waals surface area contributed by atoms with Gasteiger partial charge in [0.15, 0.2) is 0 Å². The quantitative estimate of drug-likeness (QED) is 0.241. The van der Waals surface area contributed by atoms with Crippen LogP contribution in [-0.4, -0.2) is 67.2 Å². The molecule has 1 fully saturated rings. The number of imide groups is 1. The van der Waals surface area contributed by atoms with E-state index < -0.39 is 10.0 Å². The van der Waals surface area contributed by atoms with Crippen LogP contribution in [0.25, 0.3) is 0 Å². The maximum Gasteiger partial charge on any atom is 0.261 e. The average Bonchev–Trinajstić information content (AvgIpc) is 3.18. The average molecular weight is 584 g/mol. The first-order chi connectivity index (χ1) is 19.7. The topological polar surface area (TPSA) is 113 Å². The molecular weight excluding hydrogens is 542 g/mol. The van der Waals surface area contributed by atoms with Gasteiger partial charge in [-0.2, -0.15) is 4.31 Å². The van der Waals surface area contributed by atoms with Gasteiger partial charge in [0.2, 0.25) is 15.9 Å². The summed E-state index contributed by atoms with van der Waals surface area (Å²) in [5, 5.41) is 2.86. The van der Waals surface area contributed by atoms with E-state index >= 15 is 0 Å². The second-order valence-corrected chi connectivity index (χ2v) is 13.0. The lowest BCUT2D eigenvalue weighted by molar-refractivity contribution is -0.116. The Bertz CT molecular complexity index is 1280. The fourth-order valence-corrected chi connectivity index (χ4v) is 7.06. The lowest BCUT2D eigenvalue weighted by Crippen LogP contribution is -2.48. The molecule has 0 spiro atoms. The van der Waals surface area contributed by atoms with Crippen LogP contribution in [0.3, 0.4) is 0 Å². The normalized spacial score (nSPS) is 19.4. The fourth-order valence-electron chi connectivity index (χ4n) is 5.47. The molecule has 3 amide bonds. The number of nitrogens with one attached hydrogen (secondary N) is 1. The number of fused-ring (bicyclic) bond motifs is 1. The van der Waals surface area contributed by atoms with Gasteiger partial charge in [0.05, 0.1) is 28.2 Å². The number of amides is 3. The van der Waals surface area contributed by atoms with Gasteiger partial charge < -0.3 is 10.1 Å². The number of rotatable bonds is 14. The Kier molecular flexibility index (Phi) is 10.7. The van der Waals surface area contributed by atoms with Crippen LogP contribution in [0.5, 0.6) is 0 Å². The van der Waals surface area contributed by atoms with Crippen LogP contribution in [0, 0.1) is 0 Å². The molecule has 2 aromatic carbocycles. The number of carbonyl (C=O) groups excluding carboxylic acids is 3. The summed E-state index contributed by atoms with van der Waals surface area (Å²) in [6, 6.07) is 13.3. The van der Waals surface area contributed by atoms with Crippen LogP contribution in [-0.2, 0) is 19.6 Å². The van der Waals surface area contributed by atoms with Crippen molar-refractivity contribution in [2.45, 2.75) is 88.7 Å². The van der Waals surface area contributed by atoms with Crippen LogP contribution < -0.4 is 5.32 Å². The number of anilines is 1. The molecule has 2 aliphatic rings. The standard InChI is InChI=1S/C31H41N3O6S/c1-23-21-33(22-24(2)40-23)41(38,39)26-18-16-25(17-19-26)32-29(35)15-9-7-5-3-4-6-8-12-20-34-30(36)27-13-10-11-14-28(27)31(34)37/h10-11,13-14,16-19,23-24H,3-9,12,15,20-22H2,1-2H3,(H,32,35). The molecule has 2 heterocycles. The van der Waals surface area contributed by atoms with Crippen LogP contribution in [0.15, 0.2) is 53.4 Å². The van der Waals surface area contributed by atoms with Crippen molar-refractivity contribution in [3.63, 3.8) is 0 Å². The highest BCUT2D eigenvalue weighted by molar-refractivity contribution is 7.89. The summed E-state index contributed by atoms with van der Waals surface area (Å²) in [5.41, 5.74) is 1.59. The first kappa shape index (κ1) is 30.9. The van der Waals surface area contributed by atoms with Crippen molar-refractivity contribution in [2.75, 3.05) is 25.0 Å². The minimum atomic E-state index is -3.61. The molecule has 0 bridgehead atoms. The van der Waals surface area contributed by atoms with Crippen molar-refractivity contribution < 1.29 is 27.5 Å². The number of ether oxygens (including phenoxy) is 1. The van der Waals surface area contributed by atoms with Gasteiger partial charge in [-0.25, -0.2) is 8.42 Å². The highest BCUT2D eigenvalue weighted by Crippen LogP contribution is 2.24. The third kappa shape index (κ3) is 8.02. The van der Waals surface area contributed by atoms with Crippen LogP contribution in [0.4, 0.5) is 5.69 Å². The molecule has 41 heavy (non-hydrogen) atoms. The lowest BCUT2D eigenvalue weighted by atomic mass is 10.1. The van der Waals surface area contributed by atoms with Crippen molar-refractivity contribution >= 4 is 33.4 Å². The first-order valence-corrected chi connectivity index (χ1v) is 16.1. The molecular formula is C31H41N3O6S. The van der Waals surface area contributed by atoms with E-state index in [1.54, 1.807) is 36.4 Å². The maximum atomic E-state index is 13.0. The Morgan fingerprint density at radius 3 is 1.88 bits per heavy atom. The molecule has 0 aliphatic carbocycles. The van der Waals surface area contributed by atoms with Gasteiger partial charge in [-0.05, 0) is 63.1 Å². The second-order valence-electron chi connectivity index (χ2n) is 11.0. The number of unbranched alkanes of at least 4 members (excludes halogenated alkanes) is 7. The van der Waals surface area contributed by atoms with E-state index in [0.717, 1.165) is 51.4 Å². The number of sulfonamides is 1. The predicted octanol–water partition coefficient (Wildman–Crippen LogP) is 5.23.